The third-order valence-electron chi connectivity index (χ3n) is 1.55. The van der Waals surface area contributed by atoms with Crippen molar-refractivity contribution in [3.05, 3.63) is 0 Å². The van der Waals surface area contributed by atoms with Crippen molar-refractivity contribution >= 4 is 5.78 Å². The maximum absolute atomic E-state index is 11.0. The lowest BCUT2D eigenvalue weighted by atomic mass is 10.0. The highest BCUT2D eigenvalue weighted by atomic mass is 16.3. The van der Waals surface area contributed by atoms with Crippen molar-refractivity contribution in [1.82, 2.24) is 0 Å². The van der Waals surface area contributed by atoms with Crippen molar-refractivity contribution in [3.8, 4) is 0 Å². The molecule has 1 N–H and O–H groups in total. The lowest BCUT2D eigenvalue weighted by Crippen LogP contribution is -2.32. The number of rotatable bonds is 2. The van der Waals surface area contributed by atoms with Gasteiger partial charge in [0.2, 0.25) is 0 Å². The van der Waals surface area contributed by atoms with Crippen LogP contribution in [0.5, 0.6) is 0 Å². The molecule has 0 aromatic heterocycles. The minimum atomic E-state index is -1.10. The van der Waals surface area contributed by atoms with Crippen molar-refractivity contribution in [2.24, 2.45) is 5.92 Å². The maximum Gasteiger partial charge on any atom is 0.166 e. The number of ketones is 1. The summed E-state index contributed by atoms with van der Waals surface area (Å²) >= 11 is 0. The summed E-state index contributed by atoms with van der Waals surface area (Å²) < 4.78 is 0. The highest BCUT2D eigenvalue weighted by molar-refractivity contribution is 5.90. The quantitative estimate of drug-likeness (QED) is 0.595. The molecule has 52 valence electrons. The highest BCUT2D eigenvalue weighted by Gasteiger charge is 2.37. The number of aliphatic hydroxyl groups is 1. The molecular formula is C7H12O2. The van der Waals surface area contributed by atoms with Crippen LogP contribution in [0, 0.1) is 5.92 Å². The zero-order valence-corrected chi connectivity index (χ0v) is 5.85. The van der Waals surface area contributed by atoms with Gasteiger partial charge in [-0.1, -0.05) is 0 Å². The summed E-state index contributed by atoms with van der Waals surface area (Å²) in [6.07, 6.45) is 1.95. The number of Topliss-reactive ketones (excluding diaryl/α,β-unsaturated/α-hetero) is 1. The van der Waals surface area contributed by atoms with Gasteiger partial charge in [-0.15, -0.1) is 0 Å². The van der Waals surface area contributed by atoms with Crippen LogP contribution in [0.2, 0.25) is 0 Å². The Morgan fingerprint density at radius 3 is 2.11 bits per heavy atom. The van der Waals surface area contributed by atoms with Gasteiger partial charge in [0.25, 0.3) is 0 Å². The lowest BCUT2D eigenvalue weighted by Gasteiger charge is -2.13. The molecule has 0 saturated heterocycles. The summed E-state index contributed by atoms with van der Waals surface area (Å²) in [6.45, 7) is 3.10. The maximum atomic E-state index is 11.0. The van der Waals surface area contributed by atoms with Gasteiger partial charge in [0.05, 0.1) is 0 Å². The smallest absolute Gasteiger partial charge is 0.166 e. The Morgan fingerprint density at radius 2 is 2.00 bits per heavy atom. The highest BCUT2D eigenvalue weighted by Crippen LogP contribution is 2.33. The fourth-order valence-electron chi connectivity index (χ4n) is 0.845. The molecule has 1 fully saturated rings. The molecule has 2 heteroatoms. The fraction of sp³-hybridized carbons (Fsp3) is 0.857. The van der Waals surface area contributed by atoms with Gasteiger partial charge >= 0.3 is 0 Å². The van der Waals surface area contributed by atoms with E-state index in [4.69, 9.17) is 5.11 Å². The zero-order valence-electron chi connectivity index (χ0n) is 5.85. The van der Waals surface area contributed by atoms with Gasteiger partial charge in [0.15, 0.2) is 5.78 Å². The van der Waals surface area contributed by atoms with Crippen molar-refractivity contribution < 1.29 is 9.90 Å². The first-order chi connectivity index (χ1) is 4.02. The van der Waals surface area contributed by atoms with Crippen LogP contribution in [0.15, 0.2) is 0 Å². The minimum absolute atomic E-state index is 0.00231. The van der Waals surface area contributed by atoms with E-state index >= 15 is 0 Å². The Hall–Kier alpha value is -0.370. The van der Waals surface area contributed by atoms with Crippen LogP contribution in [-0.4, -0.2) is 16.5 Å². The molecule has 0 radical (unpaired) electrons. The number of hydrogen-bond donors (Lipinski definition) is 1. The average Bonchev–Trinajstić information content (AvgIpc) is 2.40. The van der Waals surface area contributed by atoms with Crippen LogP contribution in [0.3, 0.4) is 0 Å². The monoisotopic (exact) mass is 128 g/mol. The lowest BCUT2D eigenvalue weighted by molar-refractivity contribution is -0.135. The molecule has 0 unspecified atom stereocenters. The molecule has 9 heavy (non-hydrogen) atoms. The van der Waals surface area contributed by atoms with E-state index in [0.717, 1.165) is 12.8 Å². The van der Waals surface area contributed by atoms with Crippen LogP contribution in [0.1, 0.15) is 26.7 Å². The summed E-state index contributed by atoms with van der Waals surface area (Å²) in [5.74, 6) is 0.174. The topological polar surface area (TPSA) is 37.3 Å². The molecule has 1 aliphatic carbocycles. The number of carbonyl (C=O) groups excluding carboxylic acids is 1. The van der Waals surface area contributed by atoms with Crippen LogP contribution >= 0.6 is 0 Å². The molecule has 1 saturated carbocycles. The molecule has 0 heterocycles. The van der Waals surface area contributed by atoms with Gasteiger partial charge in [0, 0.05) is 5.92 Å². The van der Waals surface area contributed by atoms with E-state index in [-0.39, 0.29) is 11.7 Å². The third kappa shape index (κ3) is 1.52. The van der Waals surface area contributed by atoms with Crippen LogP contribution in [0.25, 0.3) is 0 Å². The Balaban J connectivity index is 2.50. The van der Waals surface area contributed by atoms with Gasteiger partial charge in [-0.05, 0) is 26.7 Å². The predicted octanol–water partition coefficient (Wildman–Crippen LogP) is 0.736. The summed E-state index contributed by atoms with van der Waals surface area (Å²) in [5.41, 5.74) is -1.10. The normalized spacial score (nSPS) is 19.9. The van der Waals surface area contributed by atoms with Gasteiger partial charge < -0.3 is 5.11 Å². The molecule has 0 aliphatic heterocycles. The first-order valence-corrected chi connectivity index (χ1v) is 3.28. The summed E-state index contributed by atoms with van der Waals surface area (Å²) in [6, 6.07) is 0. The fourth-order valence-corrected chi connectivity index (χ4v) is 0.845. The first kappa shape index (κ1) is 6.75. The molecule has 0 bridgehead atoms. The van der Waals surface area contributed by atoms with Crippen molar-refractivity contribution in [2.75, 3.05) is 0 Å². The van der Waals surface area contributed by atoms with E-state index in [1.165, 1.54) is 0 Å². The molecule has 1 aliphatic rings. The van der Waals surface area contributed by atoms with Gasteiger partial charge in [-0.3, -0.25) is 4.79 Å². The predicted molar refractivity (Wildman–Crippen MR) is 34.0 cm³/mol. The Kier molecular flexibility index (Phi) is 1.35. The Labute approximate surface area is 54.9 Å². The average molecular weight is 128 g/mol. The van der Waals surface area contributed by atoms with E-state index in [1.54, 1.807) is 13.8 Å². The van der Waals surface area contributed by atoms with Gasteiger partial charge in [-0.2, -0.15) is 0 Å². The van der Waals surface area contributed by atoms with Crippen molar-refractivity contribution in [2.45, 2.75) is 32.3 Å². The number of carbonyl (C=O) groups is 1. The van der Waals surface area contributed by atoms with Crippen LogP contribution in [0.4, 0.5) is 0 Å². The van der Waals surface area contributed by atoms with E-state index in [9.17, 15) is 4.79 Å². The molecule has 2 nitrogen and oxygen atoms in total. The van der Waals surface area contributed by atoms with E-state index in [1.807, 2.05) is 0 Å². The second kappa shape index (κ2) is 1.81. The van der Waals surface area contributed by atoms with Crippen LogP contribution < -0.4 is 0 Å². The molecule has 1 rings (SSSR count). The molecule has 0 aromatic rings. The zero-order chi connectivity index (χ0) is 7.07. The van der Waals surface area contributed by atoms with Crippen molar-refractivity contribution in [3.63, 3.8) is 0 Å². The second-order valence-electron chi connectivity index (χ2n) is 3.20. The van der Waals surface area contributed by atoms with Crippen LogP contribution in [-0.2, 0) is 4.79 Å². The Morgan fingerprint density at radius 1 is 1.56 bits per heavy atom. The molecular weight excluding hydrogens is 116 g/mol. The van der Waals surface area contributed by atoms with E-state index in [0.29, 0.717) is 0 Å². The standard InChI is InChI=1S/C7H12O2/c1-7(2,9)6(8)5-3-4-5/h5,9H,3-4H2,1-2H3. The second-order valence-corrected chi connectivity index (χ2v) is 3.20. The first-order valence-electron chi connectivity index (χ1n) is 3.28. The van der Waals surface area contributed by atoms with Gasteiger partial charge in [-0.25, -0.2) is 0 Å². The van der Waals surface area contributed by atoms with E-state index < -0.39 is 5.60 Å². The summed E-state index contributed by atoms with van der Waals surface area (Å²) in [4.78, 5) is 11.0. The Bertz CT molecular complexity index is 128. The molecule has 0 atom stereocenters. The largest absolute Gasteiger partial charge is 0.383 e. The van der Waals surface area contributed by atoms with Crippen molar-refractivity contribution in [1.29, 1.82) is 0 Å². The summed E-state index contributed by atoms with van der Waals surface area (Å²) in [7, 11) is 0. The summed E-state index contributed by atoms with van der Waals surface area (Å²) in [5, 5.41) is 9.15. The minimum Gasteiger partial charge on any atom is -0.383 e. The number of hydrogen-bond acceptors (Lipinski definition) is 2. The molecule has 0 spiro atoms. The molecule has 0 aromatic carbocycles. The SMILES string of the molecule is CC(C)(O)C(=O)C1CC1. The third-order valence-corrected chi connectivity index (χ3v) is 1.55. The van der Waals surface area contributed by atoms with Gasteiger partial charge in [0.1, 0.15) is 5.60 Å². The molecule has 0 amide bonds. The van der Waals surface area contributed by atoms with E-state index in [2.05, 4.69) is 0 Å².